The minimum Gasteiger partial charge on any atom is -0.452 e. The Morgan fingerprint density at radius 3 is 2.32 bits per heavy atom. The first-order valence-electron chi connectivity index (χ1n) is 9.32. The molecule has 3 rings (SSSR count). The summed E-state index contributed by atoms with van der Waals surface area (Å²) in [6.07, 6.45) is 1.74. The molecule has 1 aliphatic heterocycles. The number of amides is 1. The van der Waals surface area contributed by atoms with Gasteiger partial charge in [-0.1, -0.05) is 0 Å². The zero-order chi connectivity index (χ0) is 20.3. The number of nitrogens with zero attached hydrogens (tertiary/aromatic N) is 2. The fourth-order valence-electron chi connectivity index (χ4n) is 3.05. The van der Waals surface area contributed by atoms with Gasteiger partial charge in [-0.15, -0.1) is 0 Å². The van der Waals surface area contributed by atoms with Crippen LogP contribution in [0.25, 0.3) is 0 Å². The summed E-state index contributed by atoms with van der Waals surface area (Å²) in [6.45, 7) is 1.94. The van der Waals surface area contributed by atoms with E-state index in [1.54, 1.807) is 6.92 Å². The number of rotatable bonds is 6. The van der Waals surface area contributed by atoms with Crippen molar-refractivity contribution in [2.24, 2.45) is 5.92 Å². The predicted octanol–water partition coefficient (Wildman–Crippen LogP) is 1.17. The van der Waals surface area contributed by atoms with Gasteiger partial charge in [-0.3, -0.25) is 9.59 Å². The molecular formula is C19H23N3O5S. The number of piperidine rings is 1. The van der Waals surface area contributed by atoms with E-state index in [2.05, 4.69) is 5.32 Å². The van der Waals surface area contributed by atoms with E-state index >= 15 is 0 Å². The summed E-state index contributed by atoms with van der Waals surface area (Å²) in [5.74, 6) is -1.19. The topological polar surface area (TPSA) is 117 Å². The maximum atomic E-state index is 12.7. The van der Waals surface area contributed by atoms with Crippen LogP contribution in [-0.4, -0.2) is 49.8 Å². The largest absolute Gasteiger partial charge is 0.452 e. The van der Waals surface area contributed by atoms with Gasteiger partial charge in [0.05, 0.1) is 22.4 Å². The molecule has 1 amide bonds. The smallest absolute Gasteiger partial charge is 0.309 e. The van der Waals surface area contributed by atoms with E-state index in [0.29, 0.717) is 18.4 Å². The number of carbonyl (C=O) groups excluding carboxylic acids is 2. The quantitative estimate of drug-likeness (QED) is 0.710. The van der Waals surface area contributed by atoms with E-state index < -0.39 is 28.0 Å². The number of nitriles is 1. The van der Waals surface area contributed by atoms with E-state index in [-0.39, 0.29) is 29.9 Å². The fraction of sp³-hybridized carbons (Fsp3) is 0.526. The van der Waals surface area contributed by atoms with Crippen LogP contribution in [0.1, 0.15) is 38.2 Å². The van der Waals surface area contributed by atoms with Crippen LogP contribution in [0.2, 0.25) is 0 Å². The van der Waals surface area contributed by atoms with Crippen molar-refractivity contribution in [2.45, 2.75) is 49.6 Å². The van der Waals surface area contributed by atoms with Crippen molar-refractivity contribution in [3.8, 4) is 6.07 Å². The summed E-state index contributed by atoms with van der Waals surface area (Å²) in [5.41, 5.74) is 0.389. The number of esters is 1. The lowest BCUT2D eigenvalue weighted by molar-refractivity contribution is -0.159. The average Bonchev–Trinajstić information content (AvgIpc) is 3.52. The van der Waals surface area contributed by atoms with Crippen molar-refractivity contribution in [3.63, 3.8) is 0 Å². The summed E-state index contributed by atoms with van der Waals surface area (Å²) < 4.78 is 32.0. The molecule has 1 aliphatic carbocycles. The van der Waals surface area contributed by atoms with Crippen LogP contribution in [0.3, 0.4) is 0 Å². The van der Waals surface area contributed by atoms with Crippen molar-refractivity contribution in [1.82, 2.24) is 9.62 Å². The van der Waals surface area contributed by atoms with Crippen LogP contribution in [0.4, 0.5) is 0 Å². The minimum atomic E-state index is -3.67. The van der Waals surface area contributed by atoms with Crippen molar-refractivity contribution < 1.29 is 22.7 Å². The van der Waals surface area contributed by atoms with E-state index in [9.17, 15) is 18.0 Å². The second kappa shape index (κ2) is 8.29. The molecule has 150 valence electrons. The monoisotopic (exact) mass is 405 g/mol. The van der Waals surface area contributed by atoms with Gasteiger partial charge in [0.1, 0.15) is 0 Å². The van der Waals surface area contributed by atoms with Gasteiger partial charge in [-0.05, 0) is 56.9 Å². The van der Waals surface area contributed by atoms with Crippen molar-refractivity contribution >= 4 is 21.9 Å². The van der Waals surface area contributed by atoms with Gasteiger partial charge in [-0.2, -0.15) is 9.57 Å². The minimum absolute atomic E-state index is 0.123. The Labute approximate surface area is 164 Å². The third-order valence-electron chi connectivity index (χ3n) is 4.99. The van der Waals surface area contributed by atoms with Gasteiger partial charge < -0.3 is 10.1 Å². The van der Waals surface area contributed by atoms with Crippen LogP contribution >= 0.6 is 0 Å². The van der Waals surface area contributed by atoms with Crippen LogP contribution in [0, 0.1) is 17.2 Å². The lowest BCUT2D eigenvalue weighted by Gasteiger charge is -2.30. The summed E-state index contributed by atoms with van der Waals surface area (Å²) in [4.78, 5) is 24.3. The summed E-state index contributed by atoms with van der Waals surface area (Å²) in [7, 11) is -3.67. The Hall–Kier alpha value is -2.44. The summed E-state index contributed by atoms with van der Waals surface area (Å²) in [5, 5.41) is 11.6. The SMILES string of the molecule is C[C@H](OC(=O)C1CCN(S(=O)(=O)c2ccc(C#N)cc2)CC1)C(=O)NC1CC1. The zero-order valence-corrected chi connectivity index (χ0v) is 16.4. The standard InChI is InChI=1S/C19H23N3O5S/c1-13(18(23)21-16-4-5-16)27-19(24)15-8-10-22(11-9-15)28(25,26)17-6-2-14(12-20)3-7-17/h2-3,6-7,13,15-16H,4-5,8-11H2,1H3,(H,21,23)/t13-/m0/s1. The average molecular weight is 405 g/mol. The van der Waals surface area contributed by atoms with E-state index in [4.69, 9.17) is 10.00 Å². The molecule has 1 saturated heterocycles. The van der Waals surface area contributed by atoms with Crippen LogP contribution in [0.15, 0.2) is 29.2 Å². The number of sulfonamides is 1. The highest BCUT2D eigenvalue weighted by atomic mass is 32.2. The first kappa shape index (κ1) is 20.3. The highest BCUT2D eigenvalue weighted by molar-refractivity contribution is 7.89. The third kappa shape index (κ3) is 4.69. The van der Waals surface area contributed by atoms with Crippen molar-refractivity contribution in [1.29, 1.82) is 5.26 Å². The van der Waals surface area contributed by atoms with E-state index in [0.717, 1.165) is 12.8 Å². The highest BCUT2D eigenvalue weighted by Crippen LogP contribution is 2.25. The van der Waals surface area contributed by atoms with Crippen molar-refractivity contribution in [2.75, 3.05) is 13.1 Å². The van der Waals surface area contributed by atoms with E-state index in [1.807, 2.05) is 6.07 Å². The molecule has 2 aliphatic rings. The predicted molar refractivity (Wildman–Crippen MR) is 99.4 cm³/mol. The Morgan fingerprint density at radius 1 is 1.18 bits per heavy atom. The normalized spacial score (nSPS) is 19.4. The van der Waals surface area contributed by atoms with Crippen LogP contribution < -0.4 is 5.32 Å². The third-order valence-corrected chi connectivity index (χ3v) is 6.91. The first-order chi connectivity index (χ1) is 13.3. The Kier molecular flexibility index (Phi) is 6.01. The molecule has 0 aromatic heterocycles. The van der Waals surface area contributed by atoms with Gasteiger partial charge >= 0.3 is 5.97 Å². The molecule has 8 nitrogen and oxygen atoms in total. The van der Waals surface area contributed by atoms with Crippen molar-refractivity contribution in [3.05, 3.63) is 29.8 Å². The molecule has 9 heteroatoms. The number of hydrogen-bond donors (Lipinski definition) is 1. The molecule has 0 unspecified atom stereocenters. The lowest BCUT2D eigenvalue weighted by Crippen LogP contribution is -2.42. The molecule has 1 atom stereocenters. The lowest BCUT2D eigenvalue weighted by atomic mass is 9.98. The fourth-order valence-corrected chi connectivity index (χ4v) is 4.52. The molecule has 28 heavy (non-hydrogen) atoms. The van der Waals surface area contributed by atoms with Crippen LogP contribution in [0.5, 0.6) is 0 Å². The molecule has 0 spiro atoms. The van der Waals surface area contributed by atoms with Gasteiger partial charge in [0.2, 0.25) is 10.0 Å². The highest BCUT2D eigenvalue weighted by Gasteiger charge is 2.34. The molecule has 1 N–H and O–H groups in total. The Bertz CT molecular complexity index is 879. The van der Waals surface area contributed by atoms with Gasteiger partial charge in [-0.25, -0.2) is 8.42 Å². The number of hydrogen-bond acceptors (Lipinski definition) is 6. The number of ether oxygens (including phenoxy) is 1. The molecule has 0 radical (unpaired) electrons. The number of carbonyl (C=O) groups is 2. The number of nitrogens with one attached hydrogen (secondary N) is 1. The van der Waals surface area contributed by atoms with Gasteiger partial charge in [0.15, 0.2) is 6.10 Å². The molecule has 1 aromatic rings. The summed E-state index contributed by atoms with van der Waals surface area (Å²) >= 11 is 0. The molecule has 1 heterocycles. The zero-order valence-electron chi connectivity index (χ0n) is 15.6. The Balaban J connectivity index is 1.53. The second-order valence-electron chi connectivity index (χ2n) is 7.18. The van der Waals surface area contributed by atoms with Crippen LogP contribution in [-0.2, 0) is 24.3 Å². The van der Waals surface area contributed by atoms with Gasteiger partial charge in [0.25, 0.3) is 5.91 Å². The molecule has 2 fully saturated rings. The maximum Gasteiger partial charge on any atom is 0.309 e. The van der Waals surface area contributed by atoms with Gasteiger partial charge in [0, 0.05) is 19.1 Å². The van der Waals surface area contributed by atoms with E-state index in [1.165, 1.54) is 28.6 Å². The second-order valence-corrected chi connectivity index (χ2v) is 9.11. The molecule has 1 saturated carbocycles. The maximum absolute atomic E-state index is 12.7. The molecule has 1 aromatic carbocycles. The first-order valence-corrected chi connectivity index (χ1v) is 10.8. The molecular weight excluding hydrogens is 382 g/mol. The summed E-state index contributed by atoms with van der Waals surface area (Å²) in [6, 6.07) is 7.90. The molecule has 0 bridgehead atoms. The number of benzene rings is 1. The Morgan fingerprint density at radius 2 is 1.79 bits per heavy atom.